The number of nitrogens with one attached hydrogen (secondary N) is 1. The van der Waals surface area contributed by atoms with Gasteiger partial charge in [0.25, 0.3) is 0 Å². The molecule has 2 amide bonds. The Labute approximate surface area is 115 Å². The second kappa shape index (κ2) is 6.83. The van der Waals surface area contributed by atoms with Gasteiger partial charge in [-0.2, -0.15) is 0 Å². The van der Waals surface area contributed by atoms with E-state index in [0.717, 1.165) is 12.1 Å². The molecular weight excluding hydrogens is 270 g/mol. The number of nitrogens with zero attached hydrogens (tertiary/aromatic N) is 1. The van der Waals surface area contributed by atoms with Crippen molar-refractivity contribution in [1.82, 2.24) is 4.90 Å². The molecular formula is C13H16F2N2O3. The van der Waals surface area contributed by atoms with Crippen LogP contribution in [-0.2, 0) is 4.79 Å². The quantitative estimate of drug-likeness (QED) is 0.874. The molecule has 0 radical (unpaired) electrons. The van der Waals surface area contributed by atoms with Gasteiger partial charge in [0.15, 0.2) is 11.6 Å². The van der Waals surface area contributed by atoms with Gasteiger partial charge in [-0.3, -0.25) is 4.79 Å². The Morgan fingerprint density at radius 2 is 2.00 bits per heavy atom. The number of aliphatic carboxylic acids is 1. The van der Waals surface area contributed by atoms with Crippen LogP contribution in [0.25, 0.3) is 0 Å². The first-order valence-corrected chi connectivity index (χ1v) is 6.09. The van der Waals surface area contributed by atoms with Gasteiger partial charge in [-0.05, 0) is 26.0 Å². The fourth-order valence-corrected chi connectivity index (χ4v) is 1.79. The molecule has 1 unspecified atom stereocenters. The molecule has 110 valence electrons. The zero-order valence-corrected chi connectivity index (χ0v) is 11.2. The Kier molecular flexibility index (Phi) is 5.42. The number of carbonyl (C=O) groups is 2. The highest BCUT2D eigenvalue weighted by Gasteiger charge is 2.21. The number of hydrogen-bond donors (Lipinski definition) is 2. The Morgan fingerprint density at radius 3 is 2.50 bits per heavy atom. The second-order valence-corrected chi connectivity index (χ2v) is 4.29. The standard InChI is InChI=1S/C13H16F2N2O3/c1-3-17(8(2)6-12(18)19)13(20)16-9-4-5-10(14)11(15)7-9/h4-5,7-8H,3,6H2,1-2H3,(H,16,20)(H,18,19). The van der Waals surface area contributed by atoms with Crippen molar-refractivity contribution in [2.75, 3.05) is 11.9 Å². The lowest BCUT2D eigenvalue weighted by Crippen LogP contribution is -2.42. The van der Waals surface area contributed by atoms with Crippen LogP contribution >= 0.6 is 0 Å². The first kappa shape index (κ1) is 15.9. The molecule has 0 aromatic heterocycles. The van der Waals surface area contributed by atoms with Gasteiger partial charge in [-0.15, -0.1) is 0 Å². The molecule has 5 nitrogen and oxygen atoms in total. The normalized spacial score (nSPS) is 11.8. The molecule has 0 saturated carbocycles. The summed E-state index contributed by atoms with van der Waals surface area (Å²) in [6.07, 6.45) is -0.195. The number of anilines is 1. The van der Waals surface area contributed by atoms with E-state index in [1.54, 1.807) is 13.8 Å². The average molecular weight is 286 g/mol. The number of hydrogen-bond acceptors (Lipinski definition) is 2. The topological polar surface area (TPSA) is 69.6 Å². The van der Waals surface area contributed by atoms with Crippen LogP contribution in [0.4, 0.5) is 19.3 Å². The Bertz CT molecular complexity index is 508. The van der Waals surface area contributed by atoms with Crippen molar-refractivity contribution in [3.63, 3.8) is 0 Å². The summed E-state index contributed by atoms with van der Waals surface area (Å²) in [7, 11) is 0. The first-order chi connectivity index (χ1) is 9.35. The highest BCUT2D eigenvalue weighted by molar-refractivity contribution is 5.89. The van der Waals surface area contributed by atoms with Gasteiger partial charge in [0.2, 0.25) is 0 Å². The van der Waals surface area contributed by atoms with Gasteiger partial charge in [0, 0.05) is 24.3 Å². The molecule has 0 aliphatic rings. The molecule has 2 N–H and O–H groups in total. The summed E-state index contributed by atoms with van der Waals surface area (Å²) in [4.78, 5) is 23.9. The van der Waals surface area contributed by atoms with E-state index in [0.29, 0.717) is 6.54 Å². The maximum absolute atomic E-state index is 13.0. The third-order valence-corrected chi connectivity index (χ3v) is 2.77. The maximum atomic E-state index is 13.0. The van der Waals surface area contributed by atoms with Crippen molar-refractivity contribution in [3.8, 4) is 0 Å². The van der Waals surface area contributed by atoms with E-state index in [1.807, 2.05) is 0 Å². The lowest BCUT2D eigenvalue weighted by atomic mass is 10.2. The zero-order chi connectivity index (χ0) is 15.3. The number of carboxylic acid groups (broad SMARTS) is 1. The third-order valence-electron chi connectivity index (χ3n) is 2.77. The Balaban J connectivity index is 2.76. The van der Waals surface area contributed by atoms with Crippen molar-refractivity contribution < 1.29 is 23.5 Å². The molecule has 0 fully saturated rings. The third kappa shape index (κ3) is 4.18. The van der Waals surface area contributed by atoms with E-state index in [1.165, 1.54) is 11.0 Å². The van der Waals surface area contributed by atoms with E-state index in [9.17, 15) is 18.4 Å². The van der Waals surface area contributed by atoms with E-state index in [2.05, 4.69) is 5.32 Å². The molecule has 1 rings (SSSR count). The molecule has 1 aromatic carbocycles. The second-order valence-electron chi connectivity index (χ2n) is 4.29. The van der Waals surface area contributed by atoms with Crippen LogP contribution in [-0.4, -0.2) is 34.6 Å². The number of carbonyl (C=O) groups excluding carboxylic acids is 1. The number of carboxylic acids is 1. The molecule has 7 heteroatoms. The van der Waals surface area contributed by atoms with E-state index >= 15 is 0 Å². The average Bonchev–Trinajstić information content (AvgIpc) is 2.33. The van der Waals surface area contributed by atoms with Crippen molar-refractivity contribution in [2.45, 2.75) is 26.3 Å². The summed E-state index contributed by atoms with van der Waals surface area (Å²) in [6, 6.07) is 1.92. The minimum atomic E-state index is -1.07. The summed E-state index contributed by atoms with van der Waals surface area (Å²) in [6.45, 7) is 3.59. The fourth-order valence-electron chi connectivity index (χ4n) is 1.79. The molecule has 0 bridgehead atoms. The molecule has 0 aliphatic carbocycles. The summed E-state index contributed by atoms with van der Waals surface area (Å²) >= 11 is 0. The molecule has 20 heavy (non-hydrogen) atoms. The largest absolute Gasteiger partial charge is 0.481 e. The first-order valence-electron chi connectivity index (χ1n) is 6.09. The van der Waals surface area contributed by atoms with Gasteiger partial charge >= 0.3 is 12.0 Å². The molecule has 1 aromatic rings. The lowest BCUT2D eigenvalue weighted by Gasteiger charge is -2.27. The van der Waals surface area contributed by atoms with Gasteiger partial charge in [-0.1, -0.05) is 0 Å². The van der Waals surface area contributed by atoms with Gasteiger partial charge < -0.3 is 15.3 Å². The summed E-state index contributed by atoms with van der Waals surface area (Å²) in [5.41, 5.74) is 0.106. The number of urea groups is 1. The van der Waals surface area contributed by atoms with Gasteiger partial charge in [0.05, 0.1) is 6.42 Å². The van der Waals surface area contributed by atoms with Crippen molar-refractivity contribution in [1.29, 1.82) is 0 Å². The molecule has 0 saturated heterocycles. The molecule has 0 heterocycles. The van der Waals surface area contributed by atoms with E-state index in [4.69, 9.17) is 5.11 Å². The van der Waals surface area contributed by atoms with Crippen LogP contribution in [0.5, 0.6) is 0 Å². The van der Waals surface area contributed by atoms with Crippen LogP contribution in [0.15, 0.2) is 18.2 Å². The molecule has 1 atom stereocenters. The number of rotatable bonds is 5. The predicted octanol–water partition coefficient (Wildman–Crippen LogP) is 2.68. The smallest absolute Gasteiger partial charge is 0.322 e. The van der Waals surface area contributed by atoms with Gasteiger partial charge in [-0.25, -0.2) is 13.6 Å². The monoisotopic (exact) mass is 286 g/mol. The van der Waals surface area contributed by atoms with Crippen LogP contribution < -0.4 is 5.32 Å². The Hall–Kier alpha value is -2.18. The van der Waals surface area contributed by atoms with E-state index in [-0.39, 0.29) is 12.1 Å². The minimum Gasteiger partial charge on any atom is -0.481 e. The maximum Gasteiger partial charge on any atom is 0.322 e. The van der Waals surface area contributed by atoms with E-state index < -0.39 is 29.7 Å². The Morgan fingerprint density at radius 1 is 1.35 bits per heavy atom. The van der Waals surface area contributed by atoms with Crippen LogP contribution in [0.3, 0.4) is 0 Å². The number of benzene rings is 1. The zero-order valence-electron chi connectivity index (χ0n) is 11.2. The number of halogens is 2. The van der Waals surface area contributed by atoms with Crippen LogP contribution in [0.1, 0.15) is 20.3 Å². The SMILES string of the molecule is CCN(C(=O)Nc1ccc(F)c(F)c1)C(C)CC(=O)O. The predicted molar refractivity (Wildman–Crippen MR) is 69.5 cm³/mol. The van der Waals surface area contributed by atoms with Crippen LogP contribution in [0, 0.1) is 11.6 Å². The lowest BCUT2D eigenvalue weighted by molar-refractivity contribution is -0.137. The van der Waals surface area contributed by atoms with Gasteiger partial charge in [0.1, 0.15) is 0 Å². The van der Waals surface area contributed by atoms with Crippen molar-refractivity contribution in [3.05, 3.63) is 29.8 Å². The van der Waals surface area contributed by atoms with Crippen molar-refractivity contribution in [2.24, 2.45) is 0 Å². The highest BCUT2D eigenvalue weighted by Crippen LogP contribution is 2.14. The summed E-state index contributed by atoms with van der Waals surface area (Å²) in [5.74, 6) is -3.09. The fraction of sp³-hybridized carbons (Fsp3) is 0.385. The van der Waals surface area contributed by atoms with Crippen molar-refractivity contribution >= 4 is 17.7 Å². The van der Waals surface area contributed by atoms with Crippen LogP contribution in [0.2, 0.25) is 0 Å². The molecule has 0 aliphatic heterocycles. The summed E-state index contributed by atoms with van der Waals surface area (Å²) < 4.78 is 25.8. The summed E-state index contributed by atoms with van der Waals surface area (Å²) in [5, 5.41) is 11.1. The molecule has 0 spiro atoms. The number of amides is 2. The highest BCUT2D eigenvalue weighted by atomic mass is 19.2. The minimum absolute atomic E-state index is 0.106.